The van der Waals surface area contributed by atoms with Crippen molar-refractivity contribution >= 4 is 11.3 Å². The zero-order valence-electron chi connectivity index (χ0n) is 8.89. The van der Waals surface area contributed by atoms with Crippen molar-refractivity contribution in [2.75, 3.05) is 0 Å². The fourth-order valence-electron chi connectivity index (χ4n) is 2.01. The van der Waals surface area contributed by atoms with Gasteiger partial charge >= 0.3 is 0 Å². The fraction of sp³-hybridized carbons (Fsp3) is 0.727. The number of hydrogen-bond acceptors (Lipinski definition) is 4. The van der Waals surface area contributed by atoms with E-state index in [1.165, 1.54) is 19.3 Å². The van der Waals surface area contributed by atoms with Crippen molar-refractivity contribution in [3.05, 3.63) is 16.6 Å². The zero-order valence-corrected chi connectivity index (χ0v) is 9.71. The predicted molar refractivity (Wildman–Crippen MR) is 61.8 cm³/mol. The molecule has 0 saturated heterocycles. The predicted octanol–water partition coefficient (Wildman–Crippen LogP) is 2.32. The monoisotopic (exact) mass is 226 g/mol. The smallest absolute Gasteiger partial charge is 0.118 e. The number of rotatable bonds is 3. The van der Waals surface area contributed by atoms with Crippen LogP contribution >= 0.6 is 11.3 Å². The van der Waals surface area contributed by atoms with E-state index in [9.17, 15) is 0 Å². The summed E-state index contributed by atoms with van der Waals surface area (Å²) >= 11 is 1.64. The molecule has 2 unspecified atom stereocenters. The van der Waals surface area contributed by atoms with Crippen LogP contribution in [0.4, 0.5) is 0 Å². The Morgan fingerprint density at radius 2 is 2.27 bits per heavy atom. The third kappa shape index (κ3) is 3.26. The number of nitrogens with two attached hydrogens (primary N) is 1. The molecule has 2 rings (SSSR count). The van der Waals surface area contributed by atoms with E-state index in [0.29, 0.717) is 6.61 Å². The molecule has 1 aliphatic carbocycles. The van der Waals surface area contributed by atoms with Crippen LogP contribution in [0.1, 0.15) is 37.1 Å². The lowest BCUT2D eigenvalue weighted by atomic mass is 10.1. The summed E-state index contributed by atoms with van der Waals surface area (Å²) < 4.78 is 5.84. The quantitative estimate of drug-likeness (QED) is 0.805. The molecule has 3 nitrogen and oxygen atoms in total. The van der Waals surface area contributed by atoms with Crippen molar-refractivity contribution < 1.29 is 4.74 Å². The van der Waals surface area contributed by atoms with Crippen molar-refractivity contribution in [2.45, 2.75) is 50.9 Å². The third-order valence-electron chi connectivity index (χ3n) is 2.91. The van der Waals surface area contributed by atoms with Gasteiger partial charge in [-0.25, -0.2) is 4.98 Å². The van der Waals surface area contributed by atoms with Crippen LogP contribution in [0.5, 0.6) is 0 Å². The van der Waals surface area contributed by atoms with Crippen LogP contribution in [0.25, 0.3) is 0 Å². The van der Waals surface area contributed by atoms with Gasteiger partial charge in [-0.05, 0) is 12.8 Å². The van der Waals surface area contributed by atoms with Crippen molar-refractivity contribution in [3.63, 3.8) is 0 Å². The number of nitrogens with zero attached hydrogens (tertiary/aromatic N) is 1. The molecular weight excluding hydrogens is 208 g/mol. The van der Waals surface area contributed by atoms with E-state index in [2.05, 4.69) is 4.98 Å². The van der Waals surface area contributed by atoms with E-state index in [4.69, 9.17) is 10.5 Å². The Balaban J connectivity index is 1.81. The molecule has 1 aliphatic rings. The molecule has 0 spiro atoms. The van der Waals surface area contributed by atoms with Crippen LogP contribution in [0.2, 0.25) is 0 Å². The molecule has 1 heterocycles. The first-order valence-corrected chi connectivity index (χ1v) is 6.50. The minimum Gasteiger partial charge on any atom is -0.369 e. The highest BCUT2D eigenvalue weighted by Crippen LogP contribution is 2.20. The SMILES string of the molecule is NC1CCCCCC1OCc1nccs1. The first-order chi connectivity index (χ1) is 7.36. The molecule has 1 aromatic rings. The fourth-order valence-corrected chi connectivity index (χ4v) is 2.55. The Kier molecular flexibility index (Phi) is 4.11. The molecule has 1 aromatic heterocycles. The molecule has 2 atom stereocenters. The molecule has 15 heavy (non-hydrogen) atoms. The standard InChI is InChI=1S/C11H18N2OS/c12-9-4-2-1-3-5-10(9)14-8-11-13-6-7-15-11/h6-7,9-10H,1-5,8,12H2. The number of thiazole rings is 1. The minimum absolute atomic E-state index is 0.215. The highest BCUT2D eigenvalue weighted by molar-refractivity contribution is 7.09. The molecule has 0 aliphatic heterocycles. The first kappa shape index (κ1) is 11.0. The van der Waals surface area contributed by atoms with Gasteiger partial charge in [-0.15, -0.1) is 11.3 Å². The molecule has 84 valence electrons. The zero-order chi connectivity index (χ0) is 10.5. The van der Waals surface area contributed by atoms with Crippen molar-refractivity contribution in [2.24, 2.45) is 5.73 Å². The number of hydrogen-bond donors (Lipinski definition) is 1. The van der Waals surface area contributed by atoms with E-state index in [-0.39, 0.29) is 12.1 Å². The van der Waals surface area contributed by atoms with E-state index in [1.807, 2.05) is 11.6 Å². The second-order valence-corrected chi connectivity index (χ2v) is 5.06. The van der Waals surface area contributed by atoms with Crippen LogP contribution in [0.15, 0.2) is 11.6 Å². The first-order valence-electron chi connectivity index (χ1n) is 5.62. The summed E-state index contributed by atoms with van der Waals surface area (Å²) in [5.74, 6) is 0. The Bertz CT molecular complexity index is 276. The van der Waals surface area contributed by atoms with E-state index in [1.54, 1.807) is 11.3 Å². The van der Waals surface area contributed by atoms with Crippen LogP contribution in [-0.4, -0.2) is 17.1 Å². The van der Waals surface area contributed by atoms with Gasteiger partial charge < -0.3 is 10.5 Å². The highest BCUT2D eigenvalue weighted by atomic mass is 32.1. The Morgan fingerprint density at radius 1 is 1.40 bits per heavy atom. The van der Waals surface area contributed by atoms with Gasteiger partial charge in [0.2, 0.25) is 0 Å². The normalized spacial score (nSPS) is 27.5. The maximum atomic E-state index is 6.08. The Morgan fingerprint density at radius 3 is 3.07 bits per heavy atom. The highest BCUT2D eigenvalue weighted by Gasteiger charge is 2.20. The summed E-state index contributed by atoms with van der Waals surface area (Å²) in [4.78, 5) is 4.20. The molecule has 2 N–H and O–H groups in total. The van der Waals surface area contributed by atoms with Gasteiger partial charge in [0.1, 0.15) is 5.01 Å². The summed E-state index contributed by atoms with van der Waals surface area (Å²) in [6.07, 6.45) is 8.04. The molecule has 0 amide bonds. The minimum atomic E-state index is 0.215. The molecule has 0 aromatic carbocycles. The van der Waals surface area contributed by atoms with Crippen LogP contribution < -0.4 is 5.73 Å². The third-order valence-corrected chi connectivity index (χ3v) is 3.66. The van der Waals surface area contributed by atoms with Crippen molar-refractivity contribution in [3.8, 4) is 0 Å². The van der Waals surface area contributed by atoms with Crippen molar-refractivity contribution in [1.29, 1.82) is 0 Å². The van der Waals surface area contributed by atoms with Crippen LogP contribution in [0, 0.1) is 0 Å². The Labute approximate surface area is 94.7 Å². The molecule has 1 fully saturated rings. The second kappa shape index (κ2) is 5.58. The largest absolute Gasteiger partial charge is 0.369 e. The van der Waals surface area contributed by atoms with Gasteiger partial charge in [-0.3, -0.25) is 0 Å². The summed E-state index contributed by atoms with van der Waals surface area (Å²) in [6, 6.07) is 0.215. The number of aromatic nitrogens is 1. The summed E-state index contributed by atoms with van der Waals surface area (Å²) in [5.41, 5.74) is 6.08. The summed E-state index contributed by atoms with van der Waals surface area (Å²) in [6.45, 7) is 0.621. The average Bonchev–Trinajstić information content (AvgIpc) is 2.67. The van der Waals surface area contributed by atoms with Gasteiger partial charge in [0.05, 0.1) is 12.7 Å². The van der Waals surface area contributed by atoms with E-state index < -0.39 is 0 Å². The van der Waals surface area contributed by atoms with Gasteiger partial charge in [-0.2, -0.15) is 0 Å². The lowest BCUT2D eigenvalue weighted by molar-refractivity contribution is 0.0193. The average molecular weight is 226 g/mol. The molecule has 0 radical (unpaired) electrons. The molecular formula is C11H18N2OS. The van der Waals surface area contributed by atoms with E-state index >= 15 is 0 Å². The summed E-state index contributed by atoms with van der Waals surface area (Å²) in [7, 11) is 0. The van der Waals surface area contributed by atoms with Gasteiger partial charge in [0.15, 0.2) is 0 Å². The number of ether oxygens (including phenoxy) is 1. The van der Waals surface area contributed by atoms with Crippen molar-refractivity contribution in [1.82, 2.24) is 4.98 Å². The molecule has 1 saturated carbocycles. The van der Waals surface area contributed by atoms with E-state index in [0.717, 1.165) is 17.8 Å². The lowest BCUT2D eigenvalue weighted by Crippen LogP contribution is -2.35. The van der Waals surface area contributed by atoms with Gasteiger partial charge in [0.25, 0.3) is 0 Å². The second-order valence-electron chi connectivity index (χ2n) is 4.08. The maximum absolute atomic E-state index is 6.08. The maximum Gasteiger partial charge on any atom is 0.118 e. The lowest BCUT2D eigenvalue weighted by Gasteiger charge is -2.21. The molecule has 4 heteroatoms. The Hall–Kier alpha value is -0.450. The van der Waals surface area contributed by atoms with Gasteiger partial charge in [-0.1, -0.05) is 19.3 Å². The molecule has 0 bridgehead atoms. The van der Waals surface area contributed by atoms with Crippen LogP contribution in [-0.2, 0) is 11.3 Å². The summed E-state index contributed by atoms with van der Waals surface area (Å²) in [5, 5.41) is 3.03. The van der Waals surface area contributed by atoms with Crippen LogP contribution in [0.3, 0.4) is 0 Å². The van der Waals surface area contributed by atoms with Gasteiger partial charge in [0, 0.05) is 17.6 Å². The topological polar surface area (TPSA) is 48.1 Å².